The number of phenolic OH excluding ortho intramolecular Hbond substituents is 1. The number of aromatic hydroxyl groups is 1. The molecule has 6 fully saturated rings. The molecule has 1 saturated carbocycles. The molecule has 3 amide bonds. The van der Waals surface area contributed by atoms with Crippen LogP contribution >= 0.6 is 0 Å². The minimum absolute atomic E-state index is 0.00196. The van der Waals surface area contributed by atoms with E-state index in [4.69, 9.17) is 19.7 Å². The van der Waals surface area contributed by atoms with Crippen LogP contribution in [-0.4, -0.2) is 142 Å². The van der Waals surface area contributed by atoms with Gasteiger partial charge in [0.1, 0.15) is 28.8 Å². The van der Waals surface area contributed by atoms with Gasteiger partial charge in [-0.3, -0.25) is 34.5 Å². The second-order valence-corrected chi connectivity index (χ2v) is 19.8. The van der Waals surface area contributed by atoms with E-state index in [9.17, 15) is 19.5 Å². The van der Waals surface area contributed by atoms with E-state index in [0.29, 0.717) is 60.0 Å². The number of likely N-dealkylation sites (tertiary alicyclic amines) is 1. The van der Waals surface area contributed by atoms with Crippen molar-refractivity contribution in [2.45, 2.75) is 82.6 Å². The van der Waals surface area contributed by atoms with Crippen molar-refractivity contribution < 1.29 is 28.6 Å². The summed E-state index contributed by atoms with van der Waals surface area (Å²) in [5, 5.41) is 19.1. The Labute approximate surface area is 382 Å². The number of aromatic nitrogens is 3. The van der Waals surface area contributed by atoms with Crippen LogP contribution in [-0.2, 0) is 22.6 Å². The predicted molar refractivity (Wildman–Crippen MR) is 247 cm³/mol. The van der Waals surface area contributed by atoms with E-state index in [1.165, 1.54) is 0 Å². The fourth-order valence-electron chi connectivity index (χ4n) is 11.7. The lowest BCUT2D eigenvalue weighted by molar-refractivity contribution is -0.136. The van der Waals surface area contributed by atoms with Gasteiger partial charge in [0, 0.05) is 118 Å². The Bertz CT molecular complexity index is 2790. The van der Waals surface area contributed by atoms with Gasteiger partial charge in [-0.05, 0) is 90.8 Å². The first-order valence-corrected chi connectivity index (χ1v) is 23.8. The molecule has 7 aliphatic rings. The average molecular weight is 895 g/mol. The average Bonchev–Trinajstić information content (AvgIpc) is 3.90. The van der Waals surface area contributed by atoms with E-state index < -0.39 is 17.8 Å². The number of aryl methyl sites for hydroxylation is 1. The number of ether oxygens (including phenoxy) is 1. The zero-order valence-electron chi connectivity index (χ0n) is 37.3. The molecule has 2 aromatic heterocycles. The molecule has 3 atom stereocenters. The van der Waals surface area contributed by atoms with Crippen molar-refractivity contribution in [2.24, 2.45) is 5.41 Å². The number of pyridine rings is 1. The number of anilines is 2. The summed E-state index contributed by atoms with van der Waals surface area (Å²) >= 11 is 0. The number of hydrogen-bond acceptors (Lipinski definition) is 13. The first-order chi connectivity index (χ1) is 32.1. The van der Waals surface area contributed by atoms with Gasteiger partial charge in [0.25, 0.3) is 5.91 Å². The Hall–Kier alpha value is -5.97. The van der Waals surface area contributed by atoms with E-state index in [1.54, 1.807) is 23.2 Å². The summed E-state index contributed by atoms with van der Waals surface area (Å²) in [6, 6.07) is 16.0. The van der Waals surface area contributed by atoms with Crippen LogP contribution in [0.5, 0.6) is 11.8 Å². The number of amides is 3. The van der Waals surface area contributed by atoms with E-state index in [2.05, 4.69) is 43.2 Å². The number of imide groups is 1. The van der Waals surface area contributed by atoms with Crippen LogP contribution in [0.1, 0.15) is 66.9 Å². The number of carbonyl (C=O) groups is 3. The van der Waals surface area contributed by atoms with Gasteiger partial charge in [-0.2, -0.15) is 9.97 Å². The lowest BCUT2D eigenvalue weighted by Crippen LogP contribution is -2.63. The van der Waals surface area contributed by atoms with Gasteiger partial charge >= 0.3 is 6.01 Å². The maximum absolute atomic E-state index is 17.1. The Morgan fingerprint density at radius 2 is 1.71 bits per heavy atom. The number of hydrogen-bond donors (Lipinski definition) is 3. The largest absolute Gasteiger partial charge is 0.508 e. The van der Waals surface area contributed by atoms with E-state index >= 15 is 4.39 Å². The third-order valence-electron chi connectivity index (χ3n) is 15.5. The van der Waals surface area contributed by atoms with Gasteiger partial charge in [0.15, 0.2) is 5.82 Å². The van der Waals surface area contributed by atoms with Crippen LogP contribution in [0.3, 0.4) is 0 Å². The minimum atomic E-state index is -0.615. The molecule has 342 valence electrons. The van der Waals surface area contributed by atoms with Gasteiger partial charge in [-0.25, -0.2) is 4.39 Å². The second kappa shape index (κ2) is 16.1. The molecule has 3 aromatic carbocycles. The minimum Gasteiger partial charge on any atom is -0.508 e. The lowest BCUT2D eigenvalue weighted by Gasteiger charge is -2.49. The molecule has 12 rings (SSSR count). The van der Waals surface area contributed by atoms with Crippen LogP contribution in [0, 0.1) is 11.2 Å². The topological polar surface area (TPSA) is 160 Å². The Morgan fingerprint density at radius 3 is 2.47 bits per heavy atom. The van der Waals surface area contributed by atoms with Crippen molar-refractivity contribution in [3.8, 4) is 23.0 Å². The summed E-state index contributed by atoms with van der Waals surface area (Å²) in [5.41, 5.74) is 4.57. The Kier molecular flexibility index (Phi) is 10.1. The monoisotopic (exact) mass is 894 g/mol. The molecule has 5 aromatic rings. The fourth-order valence-corrected chi connectivity index (χ4v) is 11.7. The molecule has 0 spiro atoms. The second-order valence-electron chi connectivity index (χ2n) is 19.8. The first kappa shape index (κ1) is 41.5. The fraction of sp³-hybridized carbons (Fsp3) is 0.480. The highest BCUT2D eigenvalue weighted by Gasteiger charge is 2.48. The maximum atomic E-state index is 17.1. The molecule has 6 aliphatic heterocycles. The quantitative estimate of drug-likeness (QED) is 0.158. The highest BCUT2D eigenvalue weighted by molar-refractivity contribution is 6.06. The summed E-state index contributed by atoms with van der Waals surface area (Å²) in [6.45, 7) is 11.1. The van der Waals surface area contributed by atoms with Crippen LogP contribution in [0.2, 0.25) is 0 Å². The predicted octanol–water partition coefficient (Wildman–Crippen LogP) is 4.62. The number of nitrogens with zero attached hydrogens (tertiary/aromatic N) is 8. The molecule has 16 heteroatoms. The van der Waals surface area contributed by atoms with Gasteiger partial charge in [-0.15, -0.1) is 0 Å². The number of carbonyl (C=O) groups excluding carboxylic acids is 3. The van der Waals surface area contributed by atoms with Crippen molar-refractivity contribution in [3.63, 3.8) is 0 Å². The number of phenols is 1. The van der Waals surface area contributed by atoms with Crippen molar-refractivity contribution in [2.75, 3.05) is 75.3 Å². The molecule has 5 saturated heterocycles. The molecule has 3 N–H and O–H groups in total. The van der Waals surface area contributed by atoms with Gasteiger partial charge in [0.2, 0.25) is 11.8 Å². The molecule has 1 aliphatic carbocycles. The number of nitrogens with one attached hydrogen (secondary N) is 2. The maximum Gasteiger partial charge on any atom is 0.319 e. The summed E-state index contributed by atoms with van der Waals surface area (Å²) < 4.78 is 23.7. The van der Waals surface area contributed by atoms with Crippen molar-refractivity contribution >= 4 is 50.9 Å². The van der Waals surface area contributed by atoms with Crippen LogP contribution in [0.4, 0.5) is 15.9 Å². The summed E-state index contributed by atoms with van der Waals surface area (Å²) in [6.07, 6.45) is 7.34. The smallest absolute Gasteiger partial charge is 0.319 e. The molecule has 66 heavy (non-hydrogen) atoms. The SMILES string of the molecule is CCc1cccc2cc(O)cc(-c3ncc4c(N5CC6CCC(C5)N6)nc(OCC5(CN6CC(N7CCN(c8ccc9c(c8)CN([C@H]8CCC(=O)NC8=O)C9=O)CC7)C6)CC5)nc4c3F)c12. The van der Waals surface area contributed by atoms with E-state index in [0.717, 1.165) is 119 Å². The number of rotatable bonds is 11. The van der Waals surface area contributed by atoms with Gasteiger partial charge in [0.05, 0.1) is 12.0 Å². The molecule has 15 nitrogen and oxygen atoms in total. The van der Waals surface area contributed by atoms with Crippen molar-refractivity contribution in [3.05, 3.63) is 77.2 Å². The Balaban J connectivity index is 0.706. The molecular formula is C50H55FN10O5. The van der Waals surface area contributed by atoms with Crippen molar-refractivity contribution in [1.29, 1.82) is 0 Å². The molecule has 2 bridgehead atoms. The van der Waals surface area contributed by atoms with E-state index in [1.807, 2.05) is 30.3 Å². The number of piperazine rings is 2. The summed E-state index contributed by atoms with van der Waals surface area (Å²) in [5.74, 6) is -0.665. The highest BCUT2D eigenvalue weighted by atomic mass is 19.1. The molecule has 2 unspecified atom stereocenters. The third kappa shape index (κ3) is 7.37. The molecule has 0 radical (unpaired) electrons. The Morgan fingerprint density at radius 1 is 0.909 bits per heavy atom. The standard InChI is InChI=1S/C50H55FN10O5/c1-2-29-4-3-5-30-19-36(62)20-38(42(29)30)44-43(51)45-39(21-52-44)46(60-23-32-6-7-33(24-60)53-32)56-49(55-45)66-28-50(12-13-50)27-57-25-35(26-57)59-16-14-58(15-17-59)34-8-9-37-31(18-34)22-61(48(37)65)40-10-11-41(63)54-47(40)64/h3-5,8-9,18-21,32-33,35,40,53,62H,2,6-7,10-17,22-28H2,1H3,(H,54,63,64)/t32?,33?,40-/m0/s1. The zero-order chi connectivity index (χ0) is 44.8. The number of piperidine rings is 1. The number of halogens is 1. The van der Waals surface area contributed by atoms with Crippen LogP contribution in [0.15, 0.2) is 54.7 Å². The van der Waals surface area contributed by atoms with E-state index in [-0.39, 0.29) is 46.6 Å². The lowest BCUT2D eigenvalue weighted by atomic mass is 9.95. The van der Waals surface area contributed by atoms with Crippen LogP contribution < -0.4 is 25.2 Å². The molecular weight excluding hydrogens is 840 g/mol. The zero-order valence-corrected chi connectivity index (χ0v) is 37.3. The number of benzene rings is 3. The molecule has 8 heterocycles. The first-order valence-electron chi connectivity index (χ1n) is 23.8. The normalized spacial score (nSPS) is 24.3. The summed E-state index contributed by atoms with van der Waals surface area (Å²) in [4.78, 5) is 63.3. The van der Waals surface area contributed by atoms with Crippen molar-refractivity contribution in [1.82, 2.24) is 40.3 Å². The number of fused-ring (bicyclic) bond motifs is 5. The van der Waals surface area contributed by atoms with Gasteiger partial charge < -0.3 is 29.9 Å². The van der Waals surface area contributed by atoms with Gasteiger partial charge in [-0.1, -0.05) is 25.1 Å². The van der Waals surface area contributed by atoms with Crippen LogP contribution in [0.25, 0.3) is 32.9 Å². The highest BCUT2D eigenvalue weighted by Crippen LogP contribution is 2.48. The third-order valence-corrected chi connectivity index (χ3v) is 15.5. The summed E-state index contributed by atoms with van der Waals surface area (Å²) in [7, 11) is 0.